The molecular formula is C17H14N8. The molecule has 0 radical (unpaired) electrons. The Hall–Kier alpha value is -3.68. The first-order valence-electron chi connectivity index (χ1n) is 7.63. The quantitative estimate of drug-likeness (QED) is 0.579. The van der Waals surface area contributed by atoms with Crippen molar-refractivity contribution in [3.63, 3.8) is 0 Å². The van der Waals surface area contributed by atoms with Crippen LogP contribution in [0.25, 0.3) is 16.7 Å². The van der Waals surface area contributed by atoms with Gasteiger partial charge in [-0.25, -0.2) is 19.6 Å². The molecule has 1 aromatic carbocycles. The molecule has 8 nitrogen and oxygen atoms in total. The lowest BCUT2D eigenvalue weighted by Crippen LogP contribution is -1.96. The van der Waals surface area contributed by atoms with Crippen LogP contribution in [0.3, 0.4) is 0 Å². The van der Waals surface area contributed by atoms with Gasteiger partial charge in [0.25, 0.3) is 0 Å². The van der Waals surface area contributed by atoms with Gasteiger partial charge in [0.1, 0.15) is 12.1 Å². The van der Waals surface area contributed by atoms with Crippen molar-refractivity contribution in [1.29, 1.82) is 0 Å². The average molecular weight is 330 g/mol. The first-order valence-corrected chi connectivity index (χ1v) is 7.63. The summed E-state index contributed by atoms with van der Waals surface area (Å²) in [6, 6.07) is 13.4. The highest BCUT2D eigenvalue weighted by Gasteiger charge is 2.10. The maximum atomic E-state index is 5.57. The van der Waals surface area contributed by atoms with Gasteiger partial charge in [0.15, 0.2) is 11.5 Å². The van der Waals surface area contributed by atoms with Crippen molar-refractivity contribution in [3.8, 4) is 5.69 Å². The van der Waals surface area contributed by atoms with Gasteiger partial charge in [-0.3, -0.25) is 0 Å². The minimum atomic E-state index is 0.394. The van der Waals surface area contributed by atoms with E-state index in [4.69, 9.17) is 5.73 Å². The van der Waals surface area contributed by atoms with Crippen LogP contribution in [0.4, 0.5) is 11.6 Å². The van der Waals surface area contributed by atoms with Crippen LogP contribution in [-0.2, 0) is 6.54 Å². The smallest absolute Gasteiger partial charge is 0.188 e. The molecule has 122 valence electrons. The number of hydrogen-bond donors (Lipinski definition) is 1. The predicted octanol–water partition coefficient (Wildman–Crippen LogP) is 3.08. The van der Waals surface area contributed by atoms with Gasteiger partial charge in [-0.1, -0.05) is 24.3 Å². The van der Waals surface area contributed by atoms with Crippen LogP contribution in [-0.4, -0.2) is 24.7 Å². The van der Waals surface area contributed by atoms with E-state index in [0.29, 0.717) is 23.8 Å². The molecule has 0 saturated heterocycles. The molecule has 2 N–H and O–H groups in total. The molecule has 0 spiro atoms. The minimum Gasteiger partial charge on any atom is -0.384 e. The minimum absolute atomic E-state index is 0.394. The zero-order valence-corrected chi connectivity index (χ0v) is 13.2. The standard InChI is InChI=1S/C17H14N8/c18-15-7-6-12(8-19-15)9-22-24-16-14-10-23-25(17(14)21-11-20-16)13-4-2-1-3-5-13/h1-8,10-11H,9H2,(H2,18,19). The number of rotatable bonds is 4. The van der Waals surface area contributed by atoms with Crippen LogP contribution >= 0.6 is 0 Å². The molecule has 0 aliphatic rings. The Morgan fingerprint density at radius 1 is 0.960 bits per heavy atom. The van der Waals surface area contributed by atoms with Gasteiger partial charge in [-0.15, -0.1) is 5.11 Å². The van der Waals surface area contributed by atoms with Crippen LogP contribution < -0.4 is 5.73 Å². The molecule has 0 bridgehead atoms. The van der Waals surface area contributed by atoms with Gasteiger partial charge in [-0.2, -0.15) is 10.2 Å². The SMILES string of the molecule is Nc1ccc(CN=Nc2ncnc3c2cnn3-c2ccccc2)cn1. The van der Waals surface area contributed by atoms with Crippen molar-refractivity contribution in [2.24, 2.45) is 10.2 Å². The van der Waals surface area contributed by atoms with Gasteiger partial charge < -0.3 is 5.73 Å². The first kappa shape index (κ1) is 14.9. The number of hydrogen-bond acceptors (Lipinski definition) is 7. The van der Waals surface area contributed by atoms with E-state index >= 15 is 0 Å². The topological polar surface area (TPSA) is 107 Å². The number of aromatic nitrogens is 5. The molecule has 4 rings (SSSR count). The second kappa shape index (κ2) is 6.44. The third kappa shape index (κ3) is 3.05. The second-order valence-corrected chi connectivity index (χ2v) is 5.32. The maximum Gasteiger partial charge on any atom is 0.188 e. The summed E-state index contributed by atoms with van der Waals surface area (Å²) in [6.07, 6.45) is 4.83. The Kier molecular flexibility index (Phi) is 3.83. The van der Waals surface area contributed by atoms with E-state index in [0.717, 1.165) is 16.6 Å². The Bertz CT molecular complexity index is 1020. The number of nitrogen functional groups attached to an aromatic ring is 1. The molecule has 0 aliphatic heterocycles. The zero-order valence-electron chi connectivity index (χ0n) is 13.2. The van der Waals surface area contributed by atoms with Crippen molar-refractivity contribution in [2.45, 2.75) is 6.54 Å². The van der Waals surface area contributed by atoms with Crippen molar-refractivity contribution in [1.82, 2.24) is 24.7 Å². The fourth-order valence-corrected chi connectivity index (χ4v) is 2.38. The fourth-order valence-electron chi connectivity index (χ4n) is 2.38. The number of para-hydroxylation sites is 1. The number of azo groups is 1. The molecule has 0 aliphatic carbocycles. The van der Waals surface area contributed by atoms with Crippen LogP contribution in [0.1, 0.15) is 5.56 Å². The van der Waals surface area contributed by atoms with Crippen molar-refractivity contribution in [3.05, 3.63) is 66.7 Å². The lowest BCUT2D eigenvalue weighted by atomic mass is 10.3. The lowest BCUT2D eigenvalue weighted by Gasteiger charge is -2.01. The molecule has 0 unspecified atom stereocenters. The van der Waals surface area contributed by atoms with Crippen LogP contribution in [0.2, 0.25) is 0 Å². The first-order chi connectivity index (χ1) is 12.3. The highest BCUT2D eigenvalue weighted by atomic mass is 15.3. The van der Waals surface area contributed by atoms with E-state index in [2.05, 4.69) is 30.3 Å². The number of benzene rings is 1. The summed E-state index contributed by atoms with van der Waals surface area (Å²) in [6.45, 7) is 0.394. The molecule has 3 aromatic heterocycles. The summed E-state index contributed by atoms with van der Waals surface area (Å²) in [5.41, 5.74) is 8.09. The zero-order chi connectivity index (χ0) is 17.1. The summed E-state index contributed by atoms with van der Waals surface area (Å²) in [7, 11) is 0. The summed E-state index contributed by atoms with van der Waals surface area (Å²) in [5, 5.41) is 13.5. The van der Waals surface area contributed by atoms with Gasteiger partial charge in [0, 0.05) is 6.20 Å². The van der Waals surface area contributed by atoms with Gasteiger partial charge in [0.05, 0.1) is 23.8 Å². The normalized spacial score (nSPS) is 11.4. The Balaban J connectivity index is 1.63. The number of pyridine rings is 1. The predicted molar refractivity (Wildman–Crippen MR) is 93.5 cm³/mol. The van der Waals surface area contributed by atoms with E-state index in [1.165, 1.54) is 6.33 Å². The third-order valence-electron chi connectivity index (χ3n) is 3.61. The molecule has 3 heterocycles. The van der Waals surface area contributed by atoms with Crippen molar-refractivity contribution >= 4 is 22.7 Å². The Labute approximate surface area is 143 Å². The summed E-state index contributed by atoms with van der Waals surface area (Å²) >= 11 is 0. The maximum absolute atomic E-state index is 5.57. The third-order valence-corrected chi connectivity index (χ3v) is 3.61. The van der Waals surface area contributed by atoms with Crippen LogP contribution in [0.15, 0.2) is 71.4 Å². The highest BCUT2D eigenvalue weighted by molar-refractivity contribution is 5.85. The molecule has 0 atom stereocenters. The molecule has 0 saturated carbocycles. The Morgan fingerprint density at radius 3 is 2.64 bits per heavy atom. The van der Waals surface area contributed by atoms with Crippen LogP contribution in [0, 0.1) is 0 Å². The number of nitrogens with two attached hydrogens (primary N) is 1. The van der Waals surface area contributed by atoms with Gasteiger partial charge >= 0.3 is 0 Å². The number of nitrogens with zero attached hydrogens (tertiary/aromatic N) is 7. The van der Waals surface area contributed by atoms with Crippen molar-refractivity contribution in [2.75, 3.05) is 5.73 Å². The summed E-state index contributed by atoms with van der Waals surface area (Å²) < 4.78 is 1.75. The van der Waals surface area contributed by atoms with Crippen LogP contribution in [0.5, 0.6) is 0 Å². The van der Waals surface area contributed by atoms with E-state index in [1.54, 1.807) is 23.1 Å². The second-order valence-electron chi connectivity index (χ2n) is 5.32. The number of anilines is 1. The summed E-state index contributed by atoms with van der Waals surface area (Å²) in [5.74, 6) is 0.960. The van der Waals surface area contributed by atoms with E-state index in [-0.39, 0.29) is 0 Å². The van der Waals surface area contributed by atoms with Gasteiger partial charge in [0.2, 0.25) is 0 Å². The Morgan fingerprint density at radius 2 is 1.84 bits per heavy atom. The van der Waals surface area contributed by atoms with E-state index in [1.807, 2.05) is 36.4 Å². The molecule has 8 heteroatoms. The molecular weight excluding hydrogens is 316 g/mol. The van der Waals surface area contributed by atoms with E-state index < -0.39 is 0 Å². The largest absolute Gasteiger partial charge is 0.384 e. The molecule has 0 fully saturated rings. The summed E-state index contributed by atoms with van der Waals surface area (Å²) in [4.78, 5) is 12.5. The monoisotopic (exact) mass is 330 g/mol. The van der Waals surface area contributed by atoms with E-state index in [9.17, 15) is 0 Å². The highest BCUT2D eigenvalue weighted by Crippen LogP contribution is 2.24. The lowest BCUT2D eigenvalue weighted by molar-refractivity contribution is 0.894. The molecule has 4 aromatic rings. The van der Waals surface area contributed by atoms with Crippen molar-refractivity contribution < 1.29 is 0 Å². The molecule has 25 heavy (non-hydrogen) atoms. The average Bonchev–Trinajstić information content (AvgIpc) is 3.09. The fraction of sp³-hybridized carbons (Fsp3) is 0.0588. The molecule has 0 amide bonds. The number of fused-ring (bicyclic) bond motifs is 1. The van der Waals surface area contributed by atoms with Gasteiger partial charge in [-0.05, 0) is 23.8 Å².